The Balaban J connectivity index is 1.85. The van der Waals surface area contributed by atoms with Crippen LogP contribution in [0.1, 0.15) is 56.0 Å². The second-order valence-corrected chi connectivity index (χ2v) is 6.30. The van der Waals surface area contributed by atoms with Crippen LogP contribution in [0.15, 0.2) is 16.5 Å². The second kappa shape index (κ2) is 6.07. The third kappa shape index (κ3) is 2.85. The van der Waals surface area contributed by atoms with E-state index in [0.29, 0.717) is 23.6 Å². The summed E-state index contributed by atoms with van der Waals surface area (Å²) in [5.41, 5.74) is 2.80. The molecule has 1 aliphatic carbocycles. The summed E-state index contributed by atoms with van der Waals surface area (Å²) in [7, 11) is 0. The summed E-state index contributed by atoms with van der Waals surface area (Å²) >= 11 is 0. The monoisotopic (exact) mass is 299 g/mol. The smallest absolute Gasteiger partial charge is 0.198 e. The van der Waals surface area contributed by atoms with Gasteiger partial charge in [0.05, 0.1) is 11.7 Å². The van der Waals surface area contributed by atoms with Gasteiger partial charge in [0.2, 0.25) is 0 Å². The molecule has 5 heteroatoms. The van der Waals surface area contributed by atoms with Crippen LogP contribution in [0.2, 0.25) is 0 Å². The van der Waals surface area contributed by atoms with E-state index in [1.165, 1.54) is 0 Å². The molecule has 116 valence electrons. The Kier molecular flexibility index (Phi) is 4.14. The third-order valence-electron chi connectivity index (χ3n) is 4.23. The molecule has 0 bridgehead atoms. The fourth-order valence-corrected chi connectivity index (χ4v) is 2.97. The largest absolute Gasteiger partial charge is 0.439 e. The Morgan fingerprint density at radius 1 is 1.45 bits per heavy atom. The minimum absolute atomic E-state index is 0.143. The number of rotatable bonds is 4. The van der Waals surface area contributed by atoms with Gasteiger partial charge in [0.1, 0.15) is 11.6 Å². The van der Waals surface area contributed by atoms with Crippen molar-refractivity contribution in [2.24, 2.45) is 0 Å². The van der Waals surface area contributed by atoms with Gasteiger partial charge in [-0.25, -0.2) is 4.98 Å². The number of aliphatic hydroxyl groups excluding tert-OH is 1. The quantitative estimate of drug-likeness (QED) is 0.907. The Morgan fingerprint density at radius 2 is 2.27 bits per heavy atom. The molecule has 22 heavy (non-hydrogen) atoms. The average Bonchev–Trinajstić information content (AvgIpc) is 3.10. The SMILES string of the molecule is CC(C)c1nc2cc(CN[C@@H]3CCC[C@@H]3O)cc(C#N)c2o1. The molecule has 1 heterocycles. The number of oxazole rings is 1. The maximum atomic E-state index is 9.86. The number of nitrogens with one attached hydrogen (secondary N) is 1. The molecule has 0 radical (unpaired) electrons. The van der Waals surface area contributed by atoms with E-state index in [1.807, 2.05) is 26.0 Å². The molecular weight excluding hydrogens is 278 g/mol. The highest BCUT2D eigenvalue weighted by Crippen LogP contribution is 2.26. The summed E-state index contributed by atoms with van der Waals surface area (Å²) < 4.78 is 5.71. The lowest BCUT2D eigenvalue weighted by Gasteiger charge is -2.16. The Labute approximate surface area is 130 Å². The zero-order valence-corrected chi connectivity index (χ0v) is 13.0. The first-order valence-corrected chi connectivity index (χ1v) is 7.83. The zero-order chi connectivity index (χ0) is 15.7. The Hall–Kier alpha value is -1.90. The minimum atomic E-state index is -0.265. The van der Waals surface area contributed by atoms with E-state index in [2.05, 4.69) is 16.4 Å². The highest BCUT2D eigenvalue weighted by molar-refractivity contribution is 5.80. The normalized spacial score (nSPS) is 21.6. The first kappa shape index (κ1) is 15.0. The predicted molar refractivity (Wildman–Crippen MR) is 83.3 cm³/mol. The number of benzene rings is 1. The van der Waals surface area contributed by atoms with Gasteiger partial charge in [-0.05, 0) is 37.0 Å². The molecule has 2 atom stereocenters. The van der Waals surface area contributed by atoms with Gasteiger partial charge in [-0.1, -0.05) is 13.8 Å². The van der Waals surface area contributed by atoms with Crippen LogP contribution in [0.3, 0.4) is 0 Å². The summed E-state index contributed by atoms with van der Waals surface area (Å²) in [6.07, 6.45) is 2.65. The van der Waals surface area contributed by atoms with E-state index < -0.39 is 0 Å². The van der Waals surface area contributed by atoms with Crippen molar-refractivity contribution < 1.29 is 9.52 Å². The molecular formula is C17H21N3O2. The molecule has 0 unspecified atom stereocenters. The van der Waals surface area contributed by atoms with Crippen LogP contribution in [0.5, 0.6) is 0 Å². The summed E-state index contributed by atoms with van der Waals surface area (Å²) in [6, 6.07) is 6.13. The fourth-order valence-electron chi connectivity index (χ4n) is 2.97. The lowest BCUT2D eigenvalue weighted by molar-refractivity contribution is 0.148. The molecule has 1 aliphatic rings. The summed E-state index contributed by atoms with van der Waals surface area (Å²) in [5, 5.41) is 22.6. The minimum Gasteiger partial charge on any atom is -0.439 e. The Bertz CT molecular complexity index is 714. The molecule has 2 N–H and O–H groups in total. The predicted octanol–water partition coefficient (Wildman–Crippen LogP) is 2.83. The third-order valence-corrected chi connectivity index (χ3v) is 4.23. The number of aliphatic hydroxyl groups is 1. The lowest BCUT2D eigenvalue weighted by atomic mass is 10.1. The van der Waals surface area contributed by atoms with Crippen LogP contribution in [0.25, 0.3) is 11.1 Å². The van der Waals surface area contributed by atoms with Crippen LogP contribution in [-0.2, 0) is 6.54 Å². The van der Waals surface area contributed by atoms with Crippen LogP contribution < -0.4 is 5.32 Å². The highest BCUT2D eigenvalue weighted by atomic mass is 16.3. The molecule has 0 spiro atoms. The van der Waals surface area contributed by atoms with E-state index in [9.17, 15) is 10.4 Å². The van der Waals surface area contributed by atoms with E-state index in [0.717, 1.165) is 30.3 Å². The van der Waals surface area contributed by atoms with Crippen molar-refractivity contribution in [3.8, 4) is 6.07 Å². The van der Waals surface area contributed by atoms with Crippen molar-refractivity contribution in [3.63, 3.8) is 0 Å². The zero-order valence-electron chi connectivity index (χ0n) is 13.0. The second-order valence-electron chi connectivity index (χ2n) is 6.30. The van der Waals surface area contributed by atoms with E-state index >= 15 is 0 Å². The van der Waals surface area contributed by atoms with Crippen molar-refractivity contribution in [2.75, 3.05) is 0 Å². The maximum absolute atomic E-state index is 9.86. The molecule has 1 fully saturated rings. The standard InChI is InChI=1S/C17H21N3O2/c1-10(2)17-20-14-7-11(6-12(8-18)16(14)22-17)9-19-13-4-3-5-15(13)21/h6-7,10,13,15,19,21H,3-5,9H2,1-2H3/t13-,15+/m1/s1. The molecule has 0 saturated heterocycles. The fraction of sp³-hybridized carbons (Fsp3) is 0.529. The maximum Gasteiger partial charge on any atom is 0.198 e. The van der Waals surface area contributed by atoms with Gasteiger partial charge in [0.25, 0.3) is 0 Å². The molecule has 1 aromatic carbocycles. The number of nitrogens with zero attached hydrogens (tertiary/aromatic N) is 2. The molecule has 3 rings (SSSR count). The molecule has 1 aromatic heterocycles. The first-order chi connectivity index (χ1) is 10.6. The highest BCUT2D eigenvalue weighted by Gasteiger charge is 2.24. The van der Waals surface area contributed by atoms with Crippen molar-refractivity contribution in [2.45, 2.75) is 57.7 Å². The van der Waals surface area contributed by atoms with Gasteiger partial charge in [-0.15, -0.1) is 0 Å². The van der Waals surface area contributed by atoms with Gasteiger partial charge >= 0.3 is 0 Å². The van der Waals surface area contributed by atoms with Gasteiger partial charge in [-0.2, -0.15) is 5.26 Å². The molecule has 2 aromatic rings. The van der Waals surface area contributed by atoms with Crippen molar-refractivity contribution >= 4 is 11.1 Å². The van der Waals surface area contributed by atoms with Crippen LogP contribution >= 0.6 is 0 Å². The number of hydrogen-bond donors (Lipinski definition) is 2. The topological polar surface area (TPSA) is 82.1 Å². The van der Waals surface area contributed by atoms with E-state index in [1.54, 1.807) is 0 Å². The summed E-state index contributed by atoms with van der Waals surface area (Å²) in [6.45, 7) is 4.65. The molecule has 0 aliphatic heterocycles. The molecule has 1 saturated carbocycles. The van der Waals surface area contributed by atoms with Crippen molar-refractivity contribution in [1.82, 2.24) is 10.3 Å². The van der Waals surface area contributed by atoms with Gasteiger partial charge in [-0.3, -0.25) is 0 Å². The molecule has 0 amide bonds. The summed E-state index contributed by atoms with van der Waals surface area (Å²) in [5.74, 6) is 0.844. The van der Waals surface area contributed by atoms with Crippen LogP contribution in [0.4, 0.5) is 0 Å². The number of hydrogen-bond acceptors (Lipinski definition) is 5. The Morgan fingerprint density at radius 3 is 2.91 bits per heavy atom. The number of nitriles is 1. The van der Waals surface area contributed by atoms with Gasteiger partial charge in [0.15, 0.2) is 11.5 Å². The first-order valence-electron chi connectivity index (χ1n) is 7.83. The summed E-state index contributed by atoms with van der Waals surface area (Å²) in [4.78, 5) is 4.48. The average molecular weight is 299 g/mol. The number of fused-ring (bicyclic) bond motifs is 1. The molecule has 5 nitrogen and oxygen atoms in total. The van der Waals surface area contributed by atoms with E-state index in [-0.39, 0.29) is 18.1 Å². The lowest BCUT2D eigenvalue weighted by Crippen LogP contribution is -2.35. The van der Waals surface area contributed by atoms with Gasteiger partial charge in [0, 0.05) is 18.5 Å². The van der Waals surface area contributed by atoms with E-state index in [4.69, 9.17) is 4.42 Å². The van der Waals surface area contributed by atoms with Crippen molar-refractivity contribution in [3.05, 3.63) is 29.2 Å². The number of aromatic nitrogens is 1. The van der Waals surface area contributed by atoms with Crippen LogP contribution in [-0.4, -0.2) is 22.2 Å². The van der Waals surface area contributed by atoms with Gasteiger partial charge < -0.3 is 14.8 Å². The van der Waals surface area contributed by atoms with Crippen LogP contribution in [0, 0.1) is 11.3 Å². The van der Waals surface area contributed by atoms with Crippen molar-refractivity contribution in [1.29, 1.82) is 5.26 Å².